The Morgan fingerprint density at radius 2 is 1.63 bits per heavy atom. The number of piperidine rings is 1. The number of likely N-dealkylation sites (tertiary alicyclic amines) is 1. The third-order valence-corrected chi connectivity index (χ3v) is 4.45. The van der Waals surface area contributed by atoms with Crippen LogP contribution in [-0.4, -0.2) is 41.4 Å². The molecule has 1 fully saturated rings. The summed E-state index contributed by atoms with van der Waals surface area (Å²) in [5.74, 6) is 0.0921. The maximum absolute atomic E-state index is 12.3. The molecular formula is C14H27N3O2. The molecule has 0 unspecified atom stereocenters. The zero-order valence-electron chi connectivity index (χ0n) is 12.7. The second-order valence-corrected chi connectivity index (χ2v) is 6.60. The first kappa shape index (κ1) is 16.0. The van der Waals surface area contributed by atoms with Gasteiger partial charge in [-0.05, 0) is 40.5 Å². The van der Waals surface area contributed by atoms with E-state index in [-0.39, 0.29) is 17.9 Å². The minimum absolute atomic E-state index is 0.0127. The second kappa shape index (κ2) is 5.49. The van der Waals surface area contributed by atoms with Crippen LogP contribution in [0.15, 0.2) is 0 Å². The molecule has 5 heteroatoms. The summed E-state index contributed by atoms with van der Waals surface area (Å²) in [4.78, 5) is 25.4. The molecule has 1 rings (SSSR count). The van der Waals surface area contributed by atoms with Crippen molar-refractivity contribution in [3.05, 3.63) is 0 Å². The molecule has 0 aromatic rings. The third kappa shape index (κ3) is 3.69. The fourth-order valence-electron chi connectivity index (χ4n) is 2.00. The molecule has 19 heavy (non-hydrogen) atoms. The summed E-state index contributed by atoms with van der Waals surface area (Å²) >= 11 is 0. The first-order valence-electron chi connectivity index (χ1n) is 6.91. The number of nitrogens with two attached hydrogens (primary N) is 1. The molecule has 0 aromatic heterocycles. The molecular weight excluding hydrogens is 242 g/mol. The Morgan fingerprint density at radius 3 is 2.00 bits per heavy atom. The first-order valence-corrected chi connectivity index (χ1v) is 6.91. The van der Waals surface area contributed by atoms with E-state index in [1.54, 1.807) is 6.92 Å². The van der Waals surface area contributed by atoms with Crippen LogP contribution in [0.4, 0.5) is 0 Å². The molecule has 2 amide bonds. The van der Waals surface area contributed by atoms with Crippen molar-refractivity contribution in [1.82, 2.24) is 10.2 Å². The van der Waals surface area contributed by atoms with E-state index in [9.17, 15) is 9.59 Å². The van der Waals surface area contributed by atoms with E-state index in [0.29, 0.717) is 13.1 Å². The predicted octanol–water partition coefficient (Wildman–Crippen LogP) is 0.877. The van der Waals surface area contributed by atoms with Gasteiger partial charge in [-0.25, -0.2) is 0 Å². The van der Waals surface area contributed by atoms with Gasteiger partial charge in [0.1, 0.15) is 0 Å². The van der Waals surface area contributed by atoms with Gasteiger partial charge in [-0.2, -0.15) is 0 Å². The van der Waals surface area contributed by atoms with Gasteiger partial charge in [0.15, 0.2) is 0 Å². The van der Waals surface area contributed by atoms with Crippen molar-refractivity contribution >= 4 is 11.8 Å². The SMILES string of the molecule is CC(=O)N1CCC(NC(=O)C(C)(C)C(C)(C)N)CC1. The van der Waals surface area contributed by atoms with Crippen molar-refractivity contribution in [2.24, 2.45) is 11.1 Å². The summed E-state index contributed by atoms with van der Waals surface area (Å²) in [7, 11) is 0. The maximum Gasteiger partial charge on any atom is 0.227 e. The lowest BCUT2D eigenvalue weighted by atomic mass is 9.74. The molecule has 0 atom stereocenters. The van der Waals surface area contributed by atoms with Crippen LogP contribution in [0.25, 0.3) is 0 Å². The van der Waals surface area contributed by atoms with Crippen LogP contribution in [-0.2, 0) is 9.59 Å². The molecule has 5 nitrogen and oxygen atoms in total. The molecule has 0 aromatic carbocycles. The van der Waals surface area contributed by atoms with Gasteiger partial charge in [0.2, 0.25) is 11.8 Å². The van der Waals surface area contributed by atoms with E-state index in [1.807, 2.05) is 32.6 Å². The molecule has 0 saturated carbocycles. The Morgan fingerprint density at radius 1 is 1.16 bits per heavy atom. The minimum atomic E-state index is -0.620. The topological polar surface area (TPSA) is 75.4 Å². The van der Waals surface area contributed by atoms with Crippen molar-refractivity contribution in [2.45, 2.75) is 59.0 Å². The Bertz CT molecular complexity index is 350. The van der Waals surface area contributed by atoms with Crippen molar-refractivity contribution < 1.29 is 9.59 Å². The molecule has 0 spiro atoms. The van der Waals surface area contributed by atoms with Crippen LogP contribution in [0, 0.1) is 5.41 Å². The lowest BCUT2D eigenvalue weighted by molar-refractivity contribution is -0.133. The van der Waals surface area contributed by atoms with Gasteiger partial charge in [-0.3, -0.25) is 9.59 Å². The van der Waals surface area contributed by atoms with Crippen molar-refractivity contribution in [1.29, 1.82) is 0 Å². The normalized spacial score (nSPS) is 18.3. The summed E-state index contributed by atoms with van der Waals surface area (Å²) in [6.07, 6.45) is 1.62. The molecule has 1 heterocycles. The number of nitrogens with one attached hydrogen (secondary N) is 1. The summed E-state index contributed by atoms with van der Waals surface area (Å²) in [6.45, 7) is 10.5. The molecule has 3 N–H and O–H groups in total. The maximum atomic E-state index is 12.3. The fourth-order valence-corrected chi connectivity index (χ4v) is 2.00. The highest BCUT2D eigenvalue weighted by Gasteiger charge is 2.41. The zero-order valence-corrected chi connectivity index (χ0v) is 12.7. The van der Waals surface area contributed by atoms with Gasteiger partial charge in [0, 0.05) is 31.6 Å². The van der Waals surface area contributed by atoms with Gasteiger partial charge in [-0.1, -0.05) is 0 Å². The third-order valence-electron chi connectivity index (χ3n) is 4.45. The fraction of sp³-hybridized carbons (Fsp3) is 0.857. The number of carbonyl (C=O) groups is 2. The number of carbonyl (C=O) groups excluding carboxylic acids is 2. The molecule has 1 aliphatic heterocycles. The zero-order chi connectivity index (χ0) is 14.8. The van der Waals surface area contributed by atoms with Gasteiger partial charge >= 0.3 is 0 Å². The van der Waals surface area contributed by atoms with Crippen molar-refractivity contribution in [3.8, 4) is 0 Å². The molecule has 0 aliphatic carbocycles. The standard InChI is InChI=1S/C14H27N3O2/c1-10(18)17-8-6-11(7-9-17)16-12(19)13(2,3)14(4,5)15/h11H,6-9,15H2,1-5H3,(H,16,19). The minimum Gasteiger partial charge on any atom is -0.353 e. The summed E-state index contributed by atoms with van der Waals surface area (Å²) in [5.41, 5.74) is 4.87. The average Bonchev–Trinajstić information content (AvgIpc) is 2.28. The monoisotopic (exact) mass is 269 g/mol. The van der Waals surface area contributed by atoms with E-state index < -0.39 is 11.0 Å². The van der Waals surface area contributed by atoms with Gasteiger partial charge in [0.05, 0.1) is 5.41 Å². The quantitative estimate of drug-likeness (QED) is 0.798. The lowest BCUT2D eigenvalue weighted by Gasteiger charge is -2.39. The first-order chi connectivity index (χ1) is 8.55. The highest BCUT2D eigenvalue weighted by Crippen LogP contribution is 2.28. The molecule has 1 saturated heterocycles. The van der Waals surface area contributed by atoms with E-state index in [0.717, 1.165) is 12.8 Å². The van der Waals surface area contributed by atoms with Gasteiger partial charge < -0.3 is 16.0 Å². The number of rotatable bonds is 3. The smallest absolute Gasteiger partial charge is 0.227 e. The van der Waals surface area contributed by atoms with Crippen LogP contribution < -0.4 is 11.1 Å². The molecule has 0 bridgehead atoms. The van der Waals surface area contributed by atoms with E-state index in [2.05, 4.69) is 5.32 Å². The molecule has 0 radical (unpaired) electrons. The number of hydrogen-bond donors (Lipinski definition) is 2. The summed E-state index contributed by atoms with van der Waals surface area (Å²) in [5, 5.41) is 3.07. The van der Waals surface area contributed by atoms with Crippen LogP contribution in [0.1, 0.15) is 47.5 Å². The summed E-state index contributed by atoms with van der Waals surface area (Å²) < 4.78 is 0. The predicted molar refractivity (Wildman–Crippen MR) is 75.5 cm³/mol. The number of hydrogen-bond acceptors (Lipinski definition) is 3. The molecule has 1 aliphatic rings. The largest absolute Gasteiger partial charge is 0.353 e. The van der Waals surface area contributed by atoms with E-state index in [4.69, 9.17) is 5.73 Å². The Balaban J connectivity index is 2.54. The number of nitrogens with zero attached hydrogens (tertiary/aromatic N) is 1. The average molecular weight is 269 g/mol. The highest BCUT2D eigenvalue weighted by atomic mass is 16.2. The van der Waals surface area contributed by atoms with Crippen LogP contribution in [0.3, 0.4) is 0 Å². The van der Waals surface area contributed by atoms with Crippen LogP contribution in [0.5, 0.6) is 0 Å². The van der Waals surface area contributed by atoms with Gasteiger partial charge in [-0.15, -0.1) is 0 Å². The van der Waals surface area contributed by atoms with Gasteiger partial charge in [0.25, 0.3) is 0 Å². The van der Waals surface area contributed by atoms with Crippen LogP contribution >= 0.6 is 0 Å². The molecule has 110 valence electrons. The Labute approximate surface area is 115 Å². The summed E-state index contributed by atoms with van der Waals surface area (Å²) in [6, 6.07) is 0.143. The van der Waals surface area contributed by atoms with Crippen molar-refractivity contribution in [3.63, 3.8) is 0 Å². The number of amides is 2. The Kier molecular flexibility index (Phi) is 4.61. The van der Waals surface area contributed by atoms with E-state index in [1.165, 1.54) is 0 Å². The lowest BCUT2D eigenvalue weighted by Crippen LogP contribution is -2.58. The van der Waals surface area contributed by atoms with Crippen molar-refractivity contribution in [2.75, 3.05) is 13.1 Å². The highest BCUT2D eigenvalue weighted by molar-refractivity contribution is 5.83. The Hall–Kier alpha value is -1.10. The van der Waals surface area contributed by atoms with E-state index >= 15 is 0 Å². The second-order valence-electron chi connectivity index (χ2n) is 6.60. The van der Waals surface area contributed by atoms with Crippen LogP contribution in [0.2, 0.25) is 0 Å².